The molecule has 0 fully saturated rings. The molecule has 0 atom stereocenters. The number of hydrogen-bond acceptors (Lipinski definition) is 5. The minimum absolute atomic E-state index is 0.307. The number of aryl methyl sites for hydroxylation is 2. The van der Waals surface area contributed by atoms with Crippen LogP contribution in [0.3, 0.4) is 0 Å². The Balaban J connectivity index is 2.20. The fourth-order valence-electron chi connectivity index (χ4n) is 1.52. The molecule has 0 saturated heterocycles. The number of aromatic nitrogens is 2. The second-order valence-corrected chi connectivity index (χ2v) is 4.82. The summed E-state index contributed by atoms with van der Waals surface area (Å²) in [6.45, 7) is 1.86. The Morgan fingerprint density at radius 3 is 2.79 bits per heavy atom. The SMILES string of the molecule is COC(=O)c1sccc1NC(=O)c1cc(C)n(C)n1. The molecule has 0 spiro atoms. The first kappa shape index (κ1) is 13.3. The summed E-state index contributed by atoms with van der Waals surface area (Å²) in [6.07, 6.45) is 0. The molecule has 0 radical (unpaired) electrons. The topological polar surface area (TPSA) is 73.2 Å². The van der Waals surface area contributed by atoms with E-state index in [4.69, 9.17) is 0 Å². The number of rotatable bonds is 3. The summed E-state index contributed by atoms with van der Waals surface area (Å²) in [5, 5.41) is 8.45. The Kier molecular flexibility index (Phi) is 3.66. The average Bonchev–Trinajstić information content (AvgIpc) is 2.96. The maximum Gasteiger partial charge on any atom is 0.350 e. The molecule has 0 bridgehead atoms. The molecule has 1 N–H and O–H groups in total. The number of anilines is 1. The summed E-state index contributed by atoms with van der Waals surface area (Å²) in [7, 11) is 3.06. The van der Waals surface area contributed by atoms with Gasteiger partial charge in [-0.05, 0) is 24.4 Å². The highest BCUT2D eigenvalue weighted by molar-refractivity contribution is 7.12. The lowest BCUT2D eigenvalue weighted by molar-refractivity contribution is 0.0607. The van der Waals surface area contributed by atoms with Gasteiger partial charge in [-0.2, -0.15) is 5.10 Å². The second-order valence-electron chi connectivity index (χ2n) is 3.90. The summed E-state index contributed by atoms with van der Waals surface area (Å²) >= 11 is 1.21. The van der Waals surface area contributed by atoms with Crippen LogP contribution in [0.4, 0.5) is 5.69 Å². The molecule has 100 valence electrons. The molecule has 2 aromatic rings. The van der Waals surface area contributed by atoms with Gasteiger partial charge in [-0.3, -0.25) is 9.48 Å². The van der Waals surface area contributed by atoms with E-state index in [1.54, 1.807) is 29.2 Å². The van der Waals surface area contributed by atoms with Crippen molar-refractivity contribution in [3.8, 4) is 0 Å². The summed E-state index contributed by atoms with van der Waals surface area (Å²) in [5.74, 6) is -0.824. The first-order chi connectivity index (χ1) is 9.02. The van der Waals surface area contributed by atoms with Crippen molar-refractivity contribution in [2.75, 3.05) is 12.4 Å². The van der Waals surface area contributed by atoms with Crippen molar-refractivity contribution in [2.45, 2.75) is 6.92 Å². The van der Waals surface area contributed by atoms with Gasteiger partial charge in [0.1, 0.15) is 4.88 Å². The van der Waals surface area contributed by atoms with Gasteiger partial charge in [0.15, 0.2) is 5.69 Å². The van der Waals surface area contributed by atoms with Gasteiger partial charge in [-0.25, -0.2) is 4.79 Å². The third kappa shape index (κ3) is 2.65. The quantitative estimate of drug-likeness (QED) is 0.870. The lowest BCUT2D eigenvalue weighted by Gasteiger charge is -2.03. The summed E-state index contributed by atoms with van der Waals surface area (Å²) in [4.78, 5) is 23.9. The van der Waals surface area contributed by atoms with Crippen LogP contribution in [0.2, 0.25) is 0 Å². The molecule has 0 aliphatic heterocycles. The van der Waals surface area contributed by atoms with Crippen molar-refractivity contribution < 1.29 is 14.3 Å². The fraction of sp³-hybridized carbons (Fsp3) is 0.250. The zero-order valence-corrected chi connectivity index (χ0v) is 11.6. The van der Waals surface area contributed by atoms with Crippen molar-refractivity contribution >= 4 is 28.9 Å². The van der Waals surface area contributed by atoms with Gasteiger partial charge in [0.05, 0.1) is 12.8 Å². The summed E-state index contributed by atoms with van der Waals surface area (Å²) < 4.78 is 6.26. The number of esters is 1. The Bertz CT molecular complexity index is 610. The van der Waals surface area contributed by atoms with Crippen LogP contribution in [0.1, 0.15) is 25.9 Å². The average molecular weight is 279 g/mol. The van der Waals surface area contributed by atoms with Gasteiger partial charge in [-0.1, -0.05) is 0 Å². The first-order valence-electron chi connectivity index (χ1n) is 5.50. The van der Waals surface area contributed by atoms with E-state index in [1.165, 1.54) is 18.4 Å². The van der Waals surface area contributed by atoms with Crippen molar-refractivity contribution in [2.24, 2.45) is 7.05 Å². The molecule has 2 rings (SSSR count). The zero-order valence-electron chi connectivity index (χ0n) is 10.8. The third-order valence-corrected chi connectivity index (χ3v) is 3.53. The van der Waals surface area contributed by atoms with Crippen molar-refractivity contribution in [1.29, 1.82) is 0 Å². The van der Waals surface area contributed by atoms with E-state index >= 15 is 0 Å². The number of carbonyl (C=O) groups excluding carboxylic acids is 2. The van der Waals surface area contributed by atoms with Gasteiger partial charge in [-0.15, -0.1) is 11.3 Å². The molecule has 2 aromatic heterocycles. The van der Waals surface area contributed by atoms with Gasteiger partial charge in [0.25, 0.3) is 5.91 Å². The highest BCUT2D eigenvalue weighted by atomic mass is 32.1. The molecular formula is C12H13N3O3S. The lowest BCUT2D eigenvalue weighted by Crippen LogP contribution is -2.14. The van der Waals surface area contributed by atoms with Crippen LogP contribution in [0, 0.1) is 6.92 Å². The maximum atomic E-state index is 12.0. The van der Waals surface area contributed by atoms with Gasteiger partial charge in [0.2, 0.25) is 0 Å². The highest BCUT2D eigenvalue weighted by Gasteiger charge is 2.17. The van der Waals surface area contributed by atoms with Gasteiger partial charge < -0.3 is 10.1 Å². The van der Waals surface area contributed by atoms with Crippen LogP contribution < -0.4 is 5.32 Å². The van der Waals surface area contributed by atoms with Crippen LogP contribution in [-0.2, 0) is 11.8 Å². The van der Waals surface area contributed by atoms with Gasteiger partial charge in [0, 0.05) is 12.7 Å². The van der Waals surface area contributed by atoms with E-state index in [9.17, 15) is 9.59 Å². The van der Waals surface area contributed by atoms with Crippen LogP contribution in [0.15, 0.2) is 17.5 Å². The van der Waals surface area contributed by atoms with Crippen LogP contribution in [-0.4, -0.2) is 28.8 Å². The number of nitrogens with zero attached hydrogens (tertiary/aromatic N) is 2. The molecule has 6 nitrogen and oxygen atoms in total. The van der Waals surface area contributed by atoms with E-state index in [0.717, 1.165) is 5.69 Å². The number of amides is 1. The minimum Gasteiger partial charge on any atom is -0.465 e. The number of ether oxygens (including phenoxy) is 1. The zero-order chi connectivity index (χ0) is 14.0. The monoisotopic (exact) mass is 279 g/mol. The molecule has 1 amide bonds. The Morgan fingerprint density at radius 1 is 1.47 bits per heavy atom. The lowest BCUT2D eigenvalue weighted by atomic mass is 10.3. The molecule has 0 aliphatic rings. The number of methoxy groups -OCH3 is 1. The molecule has 0 aromatic carbocycles. The minimum atomic E-state index is -0.470. The Morgan fingerprint density at radius 2 is 2.21 bits per heavy atom. The van der Waals surface area contributed by atoms with E-state index in [0.29, 0.717) is 16.3 Å². The highest BCUT2D eigenvalue weighted by Crippen LogP contribution is 2.23. The number of carbonyl (C=O) groups is 2. The smallest absolute Gasteiger partial charge is 0.350 e. The number of thiophene rings is 1. The molecule has 0 saturated carbocycles. The Labute approximate surface area is 114 Å². The predicted molar refractivity (Wildman–Crippen MR) is 71.6 cm³/mol. The second kappa shape index (κ2) is 5.23. The fourth-order valence-corrected chi connectivity index (χ4v) is 2.28. The van der Waals surface area contributed by atoms with Crippen LogP contribution in [0.25, 0.3) is 0 Å². The molecule has 0 aliphatic carbocycles. The summed E-state index contributed by atoms with van der Waals surface area (Å²) in [6, 6.07) is 3.34. The predicted octanol–water partition coefficient (Wildman–Crippen LogP) is 1.83. The van der Waals surface area contributed by atoms with E-state index in [2.05, 4.69) is 15.2 Å². The standard InChI is InChI=1S/C12H13N3O3S/c1-7-6-9(14-15(7)2)11(16)13-8-4-5-19-10(8)12(17)18-3/h4-6H,1-3H3,(H,13,16). The van der Waals surface area contributed by atoms with E-state index in [-0.39, 0.29) is 5.91 Å². The normalized spacial score (nSPS) is 10.3. The third-order valence-electron chi connectivity index (χ3n) is 2.63. The number of hydrogen-bond donors (Lipinski definition) is 1. The van der Waals surface area contributed by atoms with E-state index in [1.807, 2.05) is 6.92 Å². The van der Waals surface area contributed by atoms with Crippen molar-refractivity contribution in [1.82, 2.24) is 9.78 Å². The molecule has 7 heteroatoms. The largest absolute Gasteiger partial charge is 0.465 e. The maximum absolute atomic E-state index is 12.0. The van der Waals surface area contributed by atoms with Gasteiger partial charge >= 0.3 is 5.97 Å². The van der Waals surface area contributed by atoms with Crippen molar-refractivity contribution in [3.63, 3.8) is 0 Å². The Hall–Kier alpha value is -2.15. The van der Waals surface area contributed by atoms with E-state index < -0.39 is 5.97 Å². The first-order valence-corrected chi connectivity index (χ1v) is 6.38. The van der Waals surface area contributed by atoms with Crippen molar-refractivity contribution in [3.05, 3.63) is 33.8 Å². The molecule has 2 heterocycles. The number of nitrogens with one attached hydrogen (secondary N) is 1. The molecular weight excluding hydrogens is 266 g/mol. The molecule has 0 unspecified atom stereocenters. The molecule has 19 heavy (non-hydrogen) atoms. The van der Waals surface area contributed by atoms with Crippen LogP contribution >= 0.6 is 11.3 Å². The summed E-state index contributed by atoms with van der Waals surface area (Å²) in [5.41, 5.74) is 1.62. The van der Waals surface area contributed by atoms with Crippen LogP contribution in [0.5, 0.6) is 0 Å².